The molecule has 0 fully saturated rings. The zero-order valence-electron chi connectivity index (χ0n) is 24.1. The molecule has 3 aromatic rings. The zero-order chi connectivity index (χ0) is 28.7. The van der Waals surface area contributed by atoms with E-state index in [4.69, 9.17) is 14.5 Å². The molecule has 0 radical (unpaired) electrons. The lowest BCUT2D eigenvalue weighted by atomic mass is 10.2. The number of benzene rings is 1. The van der Waals surface area contributed by atoms with Gasteiger partial charge in [0, 0.05) is 45.5 Å². The summed E-state index contributed by atoms with van der Waals surface area (Å²) in [5, 5.41) is 14.2. The van der Waals surface area contributed by atoms with Gasteiger partial charge in [-0.2, -0.15) is 5.10 Å². The van der Waals surface area contributed by atoms with Crippen LogP contribution in [0, 0.1) is 6.92 Å². The molecule has 0 bridgehead atoms. The normalized spacial score (nSPS) is 11.9. The number of anilines is 1. The van der Waals surface area contributed by atoms with Crippen molar-refractivity contribution in [2.75, 3.05) is 37.7 Å². The van der Waals surface area contributed by atoms with Crippen LogP contribution in [-0.4, -0.2) is 77.2 Å². The Labute approximate surface area is 235 Å². The van der Waals surface area contributed by atoms with Crippen LogP contribution in [0.1, 0.15) is 46.8 Å². The number of methoxy groups -OCH3 is 1. The van der Waals surface area contributed by atoms with E-state index in [1.165, 1.54) is 11.8 Å². The molecule has 0 saturated heterocycles. The largest absolute Gasteiger partial charge is 0.478 e. The van der Waals surface area contributed by atoms with E-state index in [1.54, 1.807) is 34.9 Å². The number of carboxylic acid groups (broad SMARTS) is 1. The number of carbonyl (C=O) groups excluding carboxylic acids is 1. The molecule has 0 aliphatic heterocycles. The fourth-order valence-corrected chi connectivity index (χ4v) is 5.95. The Bertz CT molecular complexity index is 1300. The summed E-state index contributed by atoms with van der Waals surface area (Å²) in [5.41, 5.74) is 2.69. The van der Waals surface area contributed by atoms with Crippen LogP contribution >= 0.6 is 11.8 Å². The summed E-state index contributed by atoms with van der Waals surface area (Å²) in [7, 11) is 0.303. The van der Waals surface area contributed by atoms with Crippen molar-refractivity contribution in [3.05, 3.63) is 35.2 Å². The molecule has 2 heterocycles. The Morgan fingerprint density at radius 1 is 1.15 bits per heavy atom. The van der Waals surface area contributed by atoms with Gasteiger partial charge >= 0.3 is 5.97 Å². The number of amides is 1. The van der Waals surface area contributed by atoms with E-state index >= 15 is 0 Å². The van der Waals surface area contributed by atoms with Gasteiger partial charge in [0.05, 0.1) is 28.9 Å². The van der Waals surface area contributed by atoms with Crippen LogP contribution in [0.25, 0.3) is 11.0 Å². The van der Waals surface area contributed by atoms with Gasteiger partial charge in [0.25, 0.3) is 5.91 Å². The lowest BCUT2D eigenvalue weighted by molar-refractivity contribution is 0.0696. The van der Waals surface area contributed by atoms with Gasteiger partial charge in [0.1, 0.15) is 12.4 Å². The highest BCUT2D eigenvalue weighted by atomic mass is 32.2. The Morgan fingerprint density at radius 3 is 2.51 bits per heavy atom. The molecule has 1 amide bonds. The van der Waals surface area contributed by atoms with E-state index in [9.17, 15) is 14.7 Å². The molecule has 1 N–H and O–H groups in total. The van der Waals surface area contributed by atoms with Crippen LogP contribution in [0.5, 0.6) is 0 Å². The third-order valence-electron chi connectivity index (χ3n) is 6.15. The highest BCUT2D eigenvalue weighted by Crippen LogP contribution is 2.34. The first-order valence-electron chi connectivity index (χ1n) is 13.3. The number of hydrogen-bond donors (Lipinski definition) is 1. The predicted molar refractivity (Wildman–Crippen MR) is 158 cm³/mol. The van der Waals surface area contributed by atoms with Crippen LogP contribution in [0.4, 0.5) is 5.95 Å². The fourth-order valence-electron chi connectivity index (χ4n) is 4.17. The van der Waals surface area contributed by atoms with Crippen molar-refractivity contribution in [2.45, 2.75) is 70.9 Å². The Hall–Kier alpha value is -2.67. The Morgan fingerprint density at radius 2 is 1.90 bits per heavy atom. The highest BCUT2D eigenvalue weighted by molar-refractivity contribution is 7.99. The summed E-state index contributed by atoms with van der Waals surface area (Å²) in [6, 6.07) is 5.99. The highest BCUT2D eigenvalue weighted by Gasteiger charge is 2.29. The standard InChI is InChI=1S/C27H41N5O5SSi/c1-8-10-30-24-21(16-20(26(34)35)17-23(24)38-13-11-36-4)28-27(30)31(18-37-12-14-39(5,6)7)25(33)22-15-19(3)29-32(22)9-2/h15-17H,8-14,18H2,1-7H3,(H,34,35). The molecule has 2 aromatic heterocycles. The molecule has 0 unspecified atom stereocenters. The molecule has 0 atom stereocenters. The predicted octanol–water partition coefficient (Wildman–Crippen LogP) is 5.37. The number of imidazole rings is 1. The number of aryl methyl sites for hydroxylation is 3. The number of carbonyl (C=O) groups is 2. The van der Waals surface area contributed by atoms with Crippen LogP contribution < -0.4 is 4.90 Å². The van der Waals surface area contributed by atoms with Gasteiger partial charge in [-0.3, -0.25) is 14.4 Å². The number of aromatic nitrogens is 4. The molecule has 12 heteroatoms. The van der Waals surface area contributed by atoms with Crippen LogP contribution in [0.3, 0.4) is 0 Å². The minimum Gasteiger partial charge on any atom is -0.478 e. The van der Waals surface area contributed by atoms with Crippen molar-refractivity contribution in [2.24, 2.45) is 0 Å². The average Bonchev–Trinajstić information content (AvgIpc) is 3.43. The van der Waals surface area contributed by atoms with Crippen molar-refractivity contribution in [1.82, 2.24) is 19.3 Å². The third kappa shape index (κ3) is 7.71. The molecule has 0 spiro atoms. The maximum Gasteiger partial charge on any atom is 0.335 e. The SMILES string of the molecule is CCCn1c(N(COCC[Si](C)(C)C)C(=O)c2cc(C)nn2CC)nc2cc(C(=O)O)cc(SCCOC)c21. The molecule has 1 aromatic carbocycles. The first-order valence-corrected chi connectivity index (χ1v) is 18.0. The molecule has 214 valence electrons. The van der Waals surface area contributed by atoms with E-state index in [1.807, 2.05) is 18.4 Å². The number of thioether (sulfide) groups is 1. The van der Waals surface area contributed by atoms with Gasteiger partial charge in [-0.25, -0.2) is 9.78 Å². The number of fused-ring (bicyclic) bond motifs is 1. The molecule has 0 aliphatic rings. The number of carboxylic acids is 1. The number of rotatable bonds is 15. The Kier molecular flexibility index (Phi) is 10.8. The van der Waals surface area contributed by atoms with E-state index in [-0.39, 0.29) is 18.2 Å². The van der Waals surface area contributed by atoms with Gasteiger partial charge in [-0.1, -0.05) is 26.6 Å². The topological polar surface area (TPSA) is 112 Å². The van der Waals surface area contributed by atoms with Crippen LogP contribution in [-0.2, 0) is 22.6 Å². The van der Waals surface area contributed by atoms with Crippen molar-refractivity contribution in [1.29, 1.82) is 0 Å². The number of hydrogen-bond acceptors (Lipinski definition) is 7. The molecular formula is C27H41N5O5SSi. The van der Waals surface area contributed by atoms with E-state index in [0.29, 0.717) is 49.2 Å². The summed E-state index contributed by atoms with van der Waals surface area (Å²) in [6.45, 7) is 15.0. The number of ether oxygens (including phenoxy) is 2. The van der Waals surface area contributed by atoms with Crippen molar-refractivity contribution in [3.8, 4) is 0 Å². The average molecular weight is 576 g/mol. The van der Waals surface area contributed by atoms with Crippen LogP contribution in [0.15, 0.2) is 23.1 Å². The smallest absolute Gasteiger partial charge is 0.335 e. The van der Waals surface area contributed by atoms with Crippen molar-refractivity contribution in [3.63, 3.8) is 0 Å². The molecule has 3 rings (SSSR count). The molecule has 10 nitrogen and oxygen atoms in total. The summed E-state index contributed by atoms with van der Waals surface area (Å²) in [4.78, 5) is 33.2. The molecular weight excluding hydrogens is 534 g/mol. The zero-order valence-corrected chi connectivity index (χ0v) is 25.9. The van der Waals surface area contributed by atoms with Crippen LogP contribution in [0.2, 0.25) is 25.7 Å². The second-order valence-corrected chi connectivity index (χ2v) is 17.4. The minimum atomic E-state index is -1.33. The lowest BCUT2D eigenvalue weighted by Crippen LogP contribution is -2.37. The summed E-state index contributed by atoms with van der Waals surface area (Å²) in [5.74, 6) is -0.201. The van der Waals surface area contributed by atoms with E-state index in [0.717, 1.165) is 28.6 Å². The van der Waals surface area contributed by atoms with E-state index in [2.05, 4.69) is 31.7 Å². The molecule has 0 saturated carbocycles. The first-order chi connectivity index (χ1) is 18.5. The van der Waals surface area contributed by atoms with Gasteiger partial charge in [0.2, 0.25) is 5.95 Å². The maximum atomic E-state index is 14.1. The van der Waals surface area contributed by atoms with Crippen molar-refractivity contribution < 1.29 is 24.2 Å². The fraction of sp³-hybridized carbons (Fsp3) is 0.556. The lowest BCUT2D eigenvalue weighted by Gasteiger charge is -2.24. The van der Waals surface area contributed by atoms with Gasteiger partial charge in [-0.15, -0.1) is 11.8 Å². The second-order valence-electron chi connectivity index (χ2n) is 10.6. The monoisotopic (exact) mass is 575 g/mol. The maximum absolute atomic E-state index is 14.1. The van der Waals surface area contributed by atoms with E-state index < -0.39 is 14.0 Å². The second kappa shape index (κ2) is 13.6. The summed E-state index contributed by atoms with van der Waals surface area (Å²) < 4.78 is 15.0. The number of aromatic carboxylic acids is 1. The Balaban J connectivity index is 2.17. The summed E-state index contributed by atoms with van der Waals surface area (Å²) >= 11 is 1.52. The third-order valence-corrected chi connectivity index (χ3v) is 8.85. The van der Waals surface area contributed by atoms with Crippen molar-refractivity contribution >= 4 is 48.7 Å². The van der Waals surface area contributed by atoms with Gasteiger partial charge in [0.15, 0.2) is 0 Å². The molecule has 39 heavy (non-hydrogen) atoms. The van der Waals surface area contributed by atoms with Gasteiger partial charge in [-0.05, 0) is 44.5 Å². The minimum absolute atomic E-state index is 0.0300. The van der Waals surface area contributed by atoms with Gasteiger partial charge < -0.3 is 19.1 Å². The molecule has 0 aliphatic carbocycles. The number of nitrogens with zero attached hydrogens (tertiary/aromatic N) is 5. The quantitative estimate of drug-likeness (QED) is 0.111. The summed E-state index contributed by atoms with van der Waals surface area (Å²) in [6.07, 6.45) is 0.797. The first kappa shape index (κ1) is 30.9.